The monoisotopic (exact) mass is 455 g/mol. The van der Waals surface area contributed by atoms with E-state index in [4.69, 9.17) is 4.74 Å². The number of rotatable bonds is 5. The Morgan fingerprint density at radius 1 is 0.912 bits per heavy atom. The van der Waals surface area contributed by atoms with E-state index in [1.54, 1.807) is 30.3 Å². The number of benzene rings is 2. The van der Waals surface area contributed by atoms with Gasteiger partial charge in [-0.15, -0.1) is 0 Å². The number of hydrogen-bond donors (Lipinski definition) is 0. The molecule has 0 unspecified atom stereocenters. The van der Waals surface area contributed by atoms with E-state index in [-0.39, 0.29) is 52.5 Å². The minimum absolute atomic E-state index is 0.104. The van der Waals surface area contributed by atoms with Crippen LogP contribution in [0.3, 0.4) is 0 Å². The lowest BCUT2D eigenvalue weighted by Crippen LogP contribution is -2.40. The number of para-hydroxylation sites is 1. The van der Waals surface area contributed by atoms with Crippen molar-refractivity contribution in [2.45, 2.75) is 26.4 Å². The second-order valence-electron chi connectivity index (χ2n) is 9.96. The van der Waals surface area contributed by atoms with Gasteiger partial charge in [-0.1, -0.05) is 54.1 Å². The van der Waals surface area contributed by atoms with Crippen molar-refractivity contribution in [3.63, 3.8) is 0 Å². The van der Waals surface area contributed by atoms with Crippen LogP contribution in [0.4, 0.5) is 5.69 Å². The van der Waals surface area contributed by atoms with Crippen molar-refractivity contribution in [1.82, 2.24) is 0 Å². The Hall–Kier alpha value is -3.54. The number of aryl methyl sites for hydroxylation is 1. The summed E-state index contributed by atoms with van der Waals surface area (Å²) < 4.78 is 5.50. The zero-order chi connectivity index (χ0) is 23.7. The number of hydrogen-bond acceptors (Lipinski definition) is 5. The molecule has 0 spiro atoms. The van der Waals surface area contributed by atoms with Gasteiger partial charge >= 0.3 is 5.97 Å². The number of allylic oxidation sites excluding steroid dienone is 2. The van der Waals surface area contributed by atoms with Gasteiger partial charge in [-0.3, -0.25) is 14.4 Å². The normalized spacial score (nSPS) is 31.2. The highest BCUT2D eigenvalue weighted by Crippen LogP contribution is 2.65. The fourth-order valence-electron chi connectivity index (χ4n) is 6.27. The molecule has 1 saturated heterocycles. The second kappa shape index (κ2) is 7.49. The molecule has 5 aliphatic rings. The van der Waals surface area contributed by atoms with Gasteiger partial charge in [-0.25, -0.2) is 9.69 Å². The Bertz CT molecular complexity index is 1230. The van der Waals surface area contributed by atoms with Gasteiger partial charge in [0.15, 0.2) is 6.10 Å². The zero-order valence-corrected chi connectivity index (χ0v) is 19.0. The molecule has 172 valence electrons. The van der Waals surface area contributed by atoms with Crippen molar-refractivity contribution in [3.05, 3.63) is 77.4 Å². The fourth-order valence-corrected chi connectivity index (χ4v) is 6.27. The molecule has 0 radical (unpaired) electrons. The predicted octanol–water partition coefficient (Wildman–Crippen LogP) is 3.98. The molecule has 6 heteroatoms. The number of imide groups is 1. The van der Waals surface area contributed by atoms with E-state index in [0.717, 1.165) is 12.0 Å². The molecular weight excluding hydrogens is 430 g/mol. The predicted molar refractivity (Wildman–Crippen MR) is 124 cm³/mol. The average Bonchev–Trinajstić information content (AvgIpc) is 3.62. The maximum absolute atomic E-state index is 13.5. The number of nitrogens with zero attached hydrogens (tertiary/aromatic N) is 1. The number of ketones is 1. The SMILES string of the molecule is Cc1ccc(C(=O)[C@H](C)OC(=O)c2ccccc2N2C(=O)[C@@H]3[C@H]4C=C[C@@H]([C@@H]5C[C@H]45)[C@H]3C2=O)cc1. The summed E-state index contributed by atoms with van der Waals surface area (Å²) in [6, 6.07) is 13.5. The molecule has 6 nitrogen and oxygen atoms in total. The van der Waals surface area contributed by atoms with Crippen molar-refractivity contribution < 1.29 is 23.9 Å². The van der Waals surface area contributed by atoms with Gasteiger partial charge in [0, 0.05) is 5.56 Å². The van der Waals surface area contributed by atoms with E-state index >= 15 is 0 Å². The van der Waals surface area contributed by atoms with E-state index < -0.39 is 12.1 Å². The van der Waals surface area contributed by atoms with E-state index in [9.17, 15) is 19.2 Å². The molecule has 3 fully saturated rings. The molecule has 2 bridgehead atoms. The van der Waals surface area contributed by atoms with Crippen molar-refractivity contribution >= 4 is 29.3 Å². The van der Waals surface area contributed by atoms with Crippen LogP contribution in [0.5, 0.6) is 0 Å². The Labute approximate surface area is 197 Å². The molecule has 2 aromatic rings. The van der Waals surface area contributed by atoms with Crippen molar-refractivity contribution in [2.75, 3.05) is 4.90 Å². The lowest BCUT2D eigenvalue weighted by molar-refractivity contribution is -0.124. The first-order valence-corrected chi connectivity index (χ1v) is 11.8. The van der Waals surface area contributed by atoms with Crippen LogP contribution in [0.25, 0.3) is 0 Å². The molecule has 1 aliphatic heterocycles. The third-order valence-corrected chi connectivity index (χ3v) is 8.02. The number of carbonyl (C=O) groups excluding carboxylic acids is 4. The first-order chi connectivity index (χ1) is 16.4. The van der Waals surface area contributed by atoms with Gasteiger partial charge < -0.3 is 4.74 Å². The molecule has 4 aliphatic carbocycles. The first-order valence-electron chi connectivity index (χ1n) is 11.8. The minimum atomic E-state index is -1.01. The van der Waals surface area contributed by atoms with Gasteiger partial charge in [0.1, 0.15) is 0 Å². The Balaban J connectivity index is 1.26. The topological polar surface area (TPSA) is 80.8 Å². The maximum Gasteiger partial charge on any atom is 0.340 e. The fraction of sp³-hybridized carbons (Fsp3) is 0.357. The average molecular weight is 456 g/mol. The molecule has 34 heavy (non-hydrogen) atoms. The van der Waals surface area contributed by atoms with Gasteiger partial charge in [0.25, 0.3) is 0 Å². The molecule has 7 rings (SSSR count). The molecular formula is C28H25NO5. The first kappa shape index (κ1) is 21.0. The van der Waals surface area contributed by atoms with E-state index in [1.807, 2.05) is 19.1 Å². The summed E-state index contributed by atoms with van der Waals surface area (Å²) in [5.74, 6) is -0.999. The second-order valence-corrected chi connectivity index (χ2v) is 9.96. The van der Waals surface area contributed by atoms with Crippen molar-refractivity contribution in [1.29, 1.82) is 0 Å². The summed E-state index contributed by atoms with van der Waals surface area (Å²) in [4.78, 5) is 54.0. The zero-order valence-electron chi connectivity index (χ0n) is 19.0. The third-order valence-electron chi connectivity index (χ3n) is 8.02. The van der Waals surface area contributed by atoms with Gasteiger partial charge in [0.05, 0.1) is 23.1 Å². The highest BCUT2D eigenvalue weighted by Gasteiger charge is 2.67. The summed E-state index contributed by atoms with van der Waals surface area (Å²) in [6.07, 6.45) is 4.31. The van der Waals surface area contributed by atoms with Gasteiger partial charge in [-0.2, -0.15) is 0 Å². The van der Waals surface area contributed by atoms with Crippen LogP contribution in [-0.2, 0) is 14.3 Å². The summed E-state index contributed by atoms with van der Waals surface area (Å²) in [5.41, 5.74) is 1.82. The largest absolute Gasteiger partial charge is 0.451 e. The Morgan fingerprint density at radius 3 is 2.12 bits per heavy atom. The Morgan fingerprint density at radius 2 is 1.50 bits per heavy atom. The summed E-state index contributed by atoms with van der Waals surface area (Å²) >= 11 is 0. The number of Topliss-reactive ketones (excluding diaryl/α,β-unsaturated/α-hetero) is 1. The number of anilines is 1. The van der Waals surface area contributed by atoms with E-state index in [2.05, 4.69) is 12.2 Å². The highest BCUT2D eigenvalue weighted by atomic mass is 16.5. The van der Waals surface area contributed by atoms with Crippen LogP contribution in [-0.4, -0.2) is 29.7 Å². The molecule has 2 aromatic carbocycles. The minimum Gasteiger partial charge on any atom is -0.451 e. The van der Waals surface area contributed by atoms with Crippen LogP contribution in [0, 0.1) is 42.4 Å². The standard InChI is InChI=1S/C28H25NO5/c1-14-7-9-16(10-8-14)25(30)15(2)34-28(33)19-5-3-4-6-22(19)29-26(31)23-17-11-12-18(21-13-20(17)21)24(23)27(29)32/h3-12,15,17-18,20-21,23-24H,13H2,1-2H3/t15-,17-,18-,20-,21+,23+,24+/m0/s1. The summed E-state index contributed by atoms with van der Waals surface area (Å²) in [5, 5.41) is 0. The maximum atomic E-state index is 13.5. The number of amides is 2. The molecule has 2 saturated carbocycles. The lowest BCUT2D eigenvalue weighted by atomic mass is 9.63. The smallest absolute Gasteiger partial charge is 0.340 e. The lowest BCUT2D eigenvalue weighted by Gasteiger charge is -2.37. The van der Waals surface area contributed by atoms with E-state index in [1.165, 1.54) is 17.9 Å². The van der Waals surface area contributed by atoms with Crippen molar-refractivity contribution in [3.8, 4) is 0 Å². The molecule has 0 aromatic heterocycles. The molecule has 0 N–H and O–H groups in total. The van der Waals surface area contributed by atoms with Gasteiger partial charge in [-0.05, 0) is 56.1 Å². The Kier molecular flexibility index (Phi) is 4.63. The van der Waals surface area contributed by atoms with Crippen LogP contribution >= 0.6 is 0 Å². The number of esters is 1. The van der Waals surface area contributed by atoms with Gasteiger partial charge in [0.2, 0.25) is 17.6 Å². The van der Waals surface area contributed by atoms with Crippen LogP contribution < -0.4 is 4.90 Å². The van der Waals surface area contributed by atoms with Crippen LogP contribution in [0.15, 0.2) is 60.7 Å². The van der Waals surface area contributed by atoms with Crippen LogP contribution in [0.1, 0.15) is 39.6 Å². The van der Waals surface area contributed by atoms with Crippen molar-refractivity contribution in [2.24, 2.45) is 35.5 Å². The molecule has 7 atom stereocenters. The molecule has 2 amide bonds. The number of ether oxygens (including phenoxy) is 1. The quantitative estimate of drug-likeness (QED) is 0.295. The highest BCUT2D eigenvalue weighted by molar-refractivity contribution is 6.24. The van der Waals surface area contributed by atoms with Crippen LogP contribution in [0.2, 0.25) is 0 Å². The number of carbonyl (C=O) groups is 4. The third kappa shape index (κ3) is 3.01. The summed E-state index contributed by atoms with van der Waals surface area (Å²) in [7, 11) is 0. The summed E-state index contributed by atoms with van der Waals surface area (Å²) in [6.45, 7) is 3.45. The van der Waals surface area contributed by atoms with E-state index in [0.29, 0.717) is 17.4 Å². The molecule has 1 heterocycles.